The second-order valence-electron chi connectivity index (χ2n) is 4.54. The van der Waals surface area contributed by atoms with E-state index in [1.807, 2.05) is 0 Å². The van der Waals surface area contributed by atoms with Gasteiger partial charge in [0.1, 0.15) is 0 Å². The summed E-state index contributed by atoms with van der Waals surface area (Å²) in [5.41, 5.74) is 0. The number of hydrogen-bond acceptors (Lipinski definition) is 2. The zero-order valence-electron chi connectivity index (χ0n) is 9.94. The van der Waals surface area contributed by atoms with Crippen LogP contribution in [-0.4, -0.2) is 31.2 Å². The second-order valence-corrected chi connectivity index (χ2v) is 4.54. The van der Waals surface area contributed by atoms with E-state index in [1.165, 1.54) is 6.92 Å². The number of halogens is 3. The smallest absolute Gasteiger partial charge is 0.355 e. The van der Waals surface area contributed by atoms with E-state index in [0.29, 0.717) is 19.5 Å². The predicted octanol–water partition coefficient (Wildman–Crippen LogP) is 1.83. The standard InChI is InChI=1S/C11H19F3N2O/c1-8(17)15-5-6-16-10-4-2-3-9(7-10)11(12,13)14/h9-10,16H,2-7H2,1H3,(H,15,17). The van der Waals surface area contributed by atoms with E-state index in [0.717, 1.165) is 6.42 Å². The van der Waals surface area contributed by atoms with Crippen LogP contribution in [0.1, 0.15) is 32.6 Å². The predicted molar refractivity (Wildman–Crippen MR) is 58.5 cm³/mol. The molecular weight excluding hydrogens is 233 g/mol. The maximum atomic E-state index is 12.5. The van der Waals surface area contributed by atoms with Gasteiger partial charge in [-0.2, -0.15) is 13.2 Å². The summed E-state index contributed by atoms with van der Waals surface area (Å²) in [5.74, 6) is -1.29. The Labute approximate surface area is 99.1 Å². The largest absolute Gasteiger partial charge is 0.391 e. The summed E-state index contributed by atoms with van der Waals surface area (Å²) in [5, 5.41) is 5.67. The van der Waals surface area contributed by atoms with Crippen LogP contribution >= 0.6 is 0 Å². The second kappa shape index (κ2) is 6.23. The van der Waals surface area contributed by atoms with Crippen molar-refractivity contribution in [1.82, 2.24) is 10.6 Å². The van der Waals surface area contributed by atoms with E-state index in [2.05, 4.69) is 10.6 Å². The molecule has 1 rings (SSSR count). The van der Waals surface area contributed by atoms with Crippen LogP contribution in [0, 0.1) is 5.92 Å². The molecule has 1 aliphatic carbocycles. The van der Waals surface area contributed by atoms with E-state index in [4.69, 9.17) is 0 Å². The summed E-state index contributed by atoms with van der Waals surface area (Å²) >= 11 is 0. The van der Waals surface area contributed by atoms with Crippen molar-refractivity contribution in [1.29, 1.82) is 0 Å². The van der Waals surface area contributed by atoms with Crippen LogP contribution < -0.4 is 10.6 Å². The van der Waals surface area contributed by atoms with Gasteiger partial charge >= 0.3 is 6.18 Å². The summed E-state index contributed by atoms with van der Waals surface area (Å²) in [7, 11) is 0. The van der Waals surface area contributed by atoms with E-state index in [-0.39, 0.29) is 24.8 Å². The van der Waals surface area contributed by atoms with Crippen LogP contribution in [0.4, 0.5) is 13.2 Å². The van der Waals surface area contributed by atoms with Crippen LogP contribution in [0.25, 0.3) is 0 Å². The fourth-order valence-electron chi connectivity index (χ4n) is 2.19. The average molecular weight is 252 g/mol. The van der Waals surface area contributed by atoms with E-state index in [1.54, 1.807) is 0 Å². The Morgan fingerprint density at radius 1 is 1.29 bits per heavy atom. The Morgan fingerprint density at radius 3 is 2.59 bits per heavy atom. The molecule has 1 fully saturated rings. The number of rotatable bonds is 4. The number of carbonyl (C=O) groups excluding carboxylic acids is 1. The number of alkyl halides is 3. The molecule has 2 N–H and O–H groups in total. The Morgan fingerprint density at radius 2 is 2.00 bits per heavy atom. The van der Waals surface area contributed by atoms with Crippen molar-refractivity contribution in [3.63, 3.8) is 0 Å². The lowest BCUT2D eigenvalue weighted by molar-refractivity contribution is -0.183. The summed E-state index contributed by atoms with van der Waals surface area (Å²) in [6.07, 6.45) is -2.27. The highest BCUT2D eigenvalue weighted by Gasteiger charge is 2.41. The Bertz CT molecular complexity index is 256. The highest BCUT2D eigenvalue weighted by Crippen LogP contribution is 2.37. The summed E-state index contributed by atoms with van der Waals surface area (Å²) in [6, 6.07) is -0.0795. The third-order valence-electron chi connectivity index (χ3n) is 3.07. The molecule has 0 aliphatic heterocycles. The highest BCUT2D eigenvalue weighted by atomic mass is 19.4. The van der Waals surface area contributed by atoms with Crippen molar-refractivity contribution in [3.05, 3.63) is 0 Å². The van der Waals surface area contributed by atoms with Crippen LogP contribution in [0.5, 0.6) is 0 Å². The SMILES string of the molecule is CC(=O)NCCNC1CCCC(C(F)(F)F)C1. The fourth-order valence-corrected chi connectivity index (χ4v) is 2.19. The first-order valence-corrected chi connectivity index (χ1v) is 5.94. The molecule has 3 nitrogen and oxygen atoms in total. The van der Waals surface area contributed by atoms with E-state index in [9.17, 15) is 18.0 Å². The molecule has 1 amide bonds. The van der Waals surface area contributed by atoms with Gasteiger partial charge in [0.2, 0.25) is 5.91 Å². The maximum absolute atomic E-state index is 12.5. The summed E-state index contributed by atoms with van der Waals surface area (Å²) < 4.78 is 37.6. The monoisotopic (exact) mass is 252 g/mol. The molecule has 0 bridgehead atoms. The molecule has 0 aromatic heterocycles. The minimum absolute atomic E-state index is 0.0795. The summed E-state index contributed by atoms with van der Waals surface area (Å²) in [6.45, 7) is 2.40. The molecule has 2 unspecified atom stereocenters. The lowest BCUT2D eigenvalue weighted by Crippen LogP contribution is -2.41. The number of carbonyl (C=O) groups is 1. The molecular formula is C11H19F3N2O. The van der Waals surface area contributed by atoms with Crippen molar-refractivity contribution in [2.75, 3.05) is 13.1 Å². The third-order valence-corrected chi connectivity index (χ3v) is 3.07. The highest BCUT2D eigenvalue weighted by molar-refractivity contribution is 5.72. The lowest BCUT2D eigenvalue weighted by atomic mass is 9.85. The normalized spacial score (nSPS) is 25.6. The van der Waals surface area contributed by atoms with Gasteiger partial charge in [0, 0.05) is 26.1 Å². The van der Waals surface area contributed by atoms with Gasteiger partial charge in [-0.3, -0.25) is 4.79 Å². The van der Waals surface area contributed by atoms with Crippen molar-refractivity contribution in [3.8, 4) is 0 Å². The Kier molecular flexibility index (Phi) is 5.24. The van der Waals surface area contributed by atoms with Crippen molar-refractivity contribution < 1.29 is 18.0 Å². The first-order chi connectivity index (χ1) is 7.89. The molecule has 6 heteroatoms. The minimum atomic E-state index is -4.07. The van der Waals surface area contributed by atoms with Gasteiger partial charge in [0.05, 0.1) is 5.92 Å². The first kappa shape index (κ1) is 14.3. The average Bonchev–Trinajstić information content (AvgIpc) is 2.23. The number of amides is 1. The molecule has 0 heterocycles. The van der Waals surface area contributed by atoms with Gasteiger partial charge in [-0.05, 0) is 19.3 Å². The molecule has 0 saturated heterocycles. The topological polar surface area (TPSA) is 41.1 Å². The number of nitrogens with one attached hydrogen (secondary N) is 2. The molecule has 2 atom stereocenters. The zero-order valence-corrected chi connectivity index (χ0v) is 9.94. The Balaban J connectivity index is 2.23. The molecule has 0 aromatic rings. The van der Waals surface area contributed by atoms with Crippen molar-refractivity contribution in [2.45, 2.75) is 44.8 Å². The van der Waals surface area contributed by atoms with Crippen LogP contribution in [-0.2, 0) is 4.79 Å². The third kappa shape index (κ3) is 5.39. The summed E-state index contributed by atoms with van der Waals surface area (Å²) in [4.78, 5) is 10.6. The van der Waals surface area contributed by atoms with E-state index < -0.39 is 12.1 Å². The van der Waals surface area contributed by atoms with Crippen molar-refractivity contribution >= 4 is 5.91 Å². The molecule has 0 aromatic carbocycles. The van der Waals surface area contributed by atoms with Gasteiger partial charge in [0.15, 0.2) is 0 Å². The van der Waals surface area contributed by atoms with Crippen molar-refractivity contribution in [2.24, 2.45) is 5.92 Å². The van der Waals surface area contributed by atoms with Crippen LogP contribution in [0.3, 0.4) is 0 Å². The fraction of sp³-hybridized carbons (Fsp3) is 0.909. The molecule has 1 saturated carbocycles. The molecule has 17 heavy (non-hydrogen) atoms. The van der Waals surface area contributed by atoms with Gasteiger partial charge in [-0.1, -0.05) is 6.42 Å². The van der Waals surface area contributed by atoms with E-state index >= 15 is 0 Å². The quantitative estimate of drug-likeness (QED) is 0.749. The van der Waals surface area contributed by atoms with Gasteiger partial charge < -0.3 is 10.6 Å². The van der Waals surface area contributed by atoms with Crippen LogP contribution in [0.2, 0.25) is 0 Å². The minimum Gasteiger partial charge on any atom is -0.355 e. The van der Waals surface area contributed by atoms with Crippen LogP contribution in [0.15, 0.2) is 0 Å². The van der Waals surface area contributed by atoms with Gasteiger partial charge in [0.25, 0.3) is 0 Å². The molecule has 0 radical (unpaired) electrons. The molecule has 1 aliphatic rings. The first-order valence-electron chi connectivity index (χ1n) is 5.94. The molecule has 0 spiro atoms. The number of hydrogen-bond donors (Lipinski definition) is 2. The lowest BCUT2D eigenvalue weighted by Gasteiger charge is -2.31. The van der Waals surface area contributed by atoms with Gasteiger partial charge in [-0.25, -0.2) is 0 Å². The zero-order chi connectivity index (χ0) is 12.9. The maximum Gasteiger partial charge on any atom is 0.391 e. The Hall–Kier alpha value is -0.780. The van der Waals surface area contributed by atoms with Gasteiger partial charge in [-0.15, -0.1) is 0 Å². The molecule has 100 valence electrons.